The Morgan fingerprint density at radius 3 is 2.63 bits per heavy atom. The number of aliphatic hydroxyl groups excluding tert-OH is 1. The standard InChI is InChI=1S/C13H14O6/c1-17-13(16)11-10(9(14)7-18-11)19-12(15)8-5-3-2-4-6-8/h2-6,9-11,14H,7H2,1H3/t9-,10-,11-/m1/s1. The first kappa shape index (κ1) is 13.5. The van der Waals surface area contributed by atoms with Gasteiger partial charge in [0.15, 0.2) is 12.2 Å². The van der Waals surface area contributed by atoms with E-state index < -0.39 is 30.3 Å². The Kier molecular flexibility index (Phi) is 4.13. The van der Waals surface area contributed by atoms with Gasteiger partial charge in [0, 0.05) is 0 Å². The average molecular weight is 266 g/mol. The summed E-state index contributed by atoms with van der Waals surface area (Å²) in [5, 5.41) is 9.69. The smallest absolute Gasteiger partial charge is 0.339 e. The fourth-order valence-corrected chi connectivity index (χ4v) is 1.82. The zero-order chi connectivity index (χ0) is 13.8. The summed E-state index contributed by atoms with van der Waals surface area (Å²) in [5.41, 5.74) is 0.338. The van der Waals surface area contributed by atoms with E-state index in [1.807, 2.05) is 0 Å². The van der Waals surface area contributed by atoms with Crippen molar-refractivity contribution in [1.82, 2.24) is 0 Å². The summed E-state index contributed by atoms with van der Waals surface area (Å²) < 4.78 is 14.7. The third kappa shape index (κ3) is 2.91. The summed E-state index contributed by atoms with van der Waals surface area (Å²) in [7, 11) is 1.20. The Balaban J connectivity index is 2.08. The van der Waals surface area contributed by atoms with Gasteiger partial charge < -0.3 is 19.3 Å². The highest BCUT2D eigenvalue weighted by Gasteiger charge is 2.44. The van der Waals surface area contributed by atoms with Crippen LogP contribution in [0.1, 0.15) is 10.4 Å². The molecule has 0 aromatic heterocycles. The summed E-state index contributed by atoms with van der Waals surface area (Å²) in [5.74, 6) is -1.30. The van der Waals surface area contributed by atoms with Crippen LogP contribution in [-0.4, -0.2) is 49.1 Å². The molecule has 1 aliphatic rings. The van der Waals surface area contributed by atoms with Gasteiger partial charge in [0.2, 0.25) is 0 Å². The number of methoxy groups -OCH3 is 1. The van der Waals surface area contributed by atoms with E-state index in [1.165, 1.54) is 7.11 Å². The van der Waals surface area contributed by atoms with Gasteiger partial charge >= 0.3 is 11.9 Å². The van der Waals surface area contributed by atoms with Crippen molar-refractivity contribution in [3.63, 3.8) is 0 Å². The first-order chi connectivity index (χ1) is 9.13. The van der Waals surface area contributed by atoms with Crippen LogP contribution in [0.15, 0.2) is 30.3 Å². The fraction of sp³-hybridized carbons (Fsp3) is 0.385. The van der Waals surface area contributed by atoms with Crippen molar-refractivity contribution in [3.05, 3.63) is 35.9 Å². The Labute approximate surface area is 109 Å². The van der Waals surface area contributed by atoms with Crippen LogP contribution in [0.4, 0.5) is 0 Å². The molecule has 6 nitrogen and oxygen atoms in total. The maximum Gasteiger partial charge on any atom is 0.339 e. The number of aliphatic hydroxyl groups is 1. The molecule has 0 aliphatic carbocycles. The van der Waals surface area contributed by atoms with Crippen molar-refractivity contribution in [2.75, 3.05) is 13.7 Å². The lowest BCUT2D eigenvalue weighted by Crippen LogP contribution is -2.40. The summed E-state index contributed by atoms with van der Waals surface area (Å²) in [6.07, 6.45) is -3.19. The van der Waals surface area contributed by atoms with Gasteiger partial charge in [-0.15, -0.1) is 0 Å². The molecule has 0 unspecified atom stereocenters. The minimum absolute atomic E-state index is 0.0769. The largest absolute Gasteiger partial charge is 0.467 e. The lowest BCUT2D eigenvalue weighted by molar-refractivity contribution is -0.155. The second-order valence-corrected chi connectivity index (χ2v) is 4.08. The van der Waals surface area contributed by atoms with E-state index in [-0.39, 0.29) is 6.61 Å². The summed E-state index contributed by atoms with van der Waals surface area (Å²) in [6, 6.07) is 8.31. The van der Waals surface area contributed by atoms with E-state index >= 15 is 0 Å². The van der Waals surface area contributed by atoms with Crippen molar-refractivity contribution in [1.29, 1.82) is 0 Å². The van der Waals surface area contributed by atoms with E-state index in [0.29, 0.717) is 5.56 Å². The number of hydrogen-bond donors (Lipinski definition) is 1. The van der Waals surface area contributed by atoms with Gasteiger partial charge in [-0.1, -0.05) is 18.2 Å². The average Bonchev–Trinajstić information content (AvgIpc) is 2.80. The molecule has 1 heterocycles. The molecule has 0 bridgehead atoms. The molecule has 0 amide bonds. The van der Waals surface area contributed by atoms with Crippen LogP contribution < -0.4 is 0 Å². The lowest BCUT2D eigenvalue weighted by Gasteiger charge is -2.19. The summed E-state index contributed by atoms with van der Waals surface area (Å²) in [4.78, 5) is 23.3. The number of ether oxygens (including phenoxy) is 3. The molecule has 19 heavy (non-hydrogen) atoms. The topological polar surface area (TPSA) is 82.1 Å². The number of carbonyl (C=O) groups excluding carboxylic acids is 2. The Morgan fingerprint density at radius 1 is 1.32 bits per heavy atom. The molecule has 1 aromatic carbocycles. The second kappa shape index (κ2) is 5.81. The van der Waals surface area contributed by atoms with Crippen molar-refractivity contribution in [2.24, 2.45) is 0 Å². The number of esters is 2. The molecule has 0 spiro atoms. The molecule has 2 rings (SSSR count). The third-order valence-corrected chi connectivity index (χ3v) is 2.81. The number of carbonyl (C=O) groups is 2. The Bertz CT molecular complexity index is 457. The Hall–Kier alpha value is -1.92. The van der Waals surface area contributed by atoms with Crippen LogP contribution in [0, 0.1) is 0 Å². The van der Waals surface area contributed by atoms with Gasteiger partial charge in [-0.3, -0.25) is 0 Å². The van der Waals surface area contributed by atoms with Crippen LogP contribution in [-0.2, 0) is 19.0 Å². The predicted molar refractivity (Wildman–Crippen MR) is 63.4 cm³/mol. The van der Waals surface area contributed by atoms with Gasteiger partial charge in [0.05, 0.1) is 19.3 Å². The van der Waals surface area contributed by atoms with E-state index in [0.717, 1.165) is 0 Å². The minimum Gasteiger partial charge on any atom is -0.467 e. The molecule has 102 valence electrons. The zero-order valence-corrected chi connectivity index (χ0v) is 10.3. The normalized spacial score (nSPS) is 25.9. The van der Waals surface area contributed by atoms with Crippen molar-refractivity contribution in [2.45, 2.75) is 18.3 Å². The molecule has 1 N–H and O–H groups in total. The molecule has 0 radical (unpaired) electrons. The molecular weight excluding hydrogens is 252 g/mol. The minimum atomic E-state index is -1.09. The molecule has 1 aromatic rings. The highest BCUT2D eigenvalue weighted by molar-refractivity contribution is 5.89. The van der Waals surface area contributed by atoms with Crippen LogP contribution in [0.5, 0.6) is 0 Å². The van der Waals surface area contributed by atoms with Crippen molar-refractivity contribution < 1.29 is 28.9 Å². The van der Waals surface area contributed by atoms with E-state index in [1.54, 1.807) is 30.3 Å². The number of hydrogen-bond acceptors (Lipinski definition) is 6. The Morgan fingerprint density at radius 2 is 2.00 bits per heavy atom. The van der Waals surface area contributed by atoms with Crippen LogP contribution in [0.2, 0.25) is 0 Å². The highest BCUT2D eigenvalue weighted by atomic mass is 16.6. The van der Waals surface area contributed by atoms with Crippen LogP contribution in [0.3, 0.4) is 0 Å². The lowest BCUT2D eigenvalue weighted by atomic mass is 10.1. The van der Waals surface area contributed by atoms with Gasteiger partial charge in [-0.2, -0.15) is 0 Å². The summed E-state index contributed by atoms with van der Waals surface area (Å²) in [6.45, 7) is -0.0769. The number of rotatable bonds is 3. The van der Waals surface area contributed by atoms with Crippen LogP contribution >= 0.6 is 0 Å². The maximum absolute atomic E-state index is 11.9. The first-order valence-corrected chi connectivity index (χ1v) is 5.77. The zero-order valence-electron chi connectivity index (χ0n) is 10.3. The quantitative estimate of drug-likeness (QED) is 0.784. The predicted octanol–water partition coefficient (Wildman–Crippen LogP) is 0.145. The van der Waals surface area contributed by atoms with Gasteiger partial charge in [-0.05, 0) is 12.1 Å². The van der Waals surface area contributed by atoms with Crippen molar-refractivity contribution >= 4 is 11.9 Å². The van der Waals surface area contributed by atoms with Crippen molar-refractivity contribution in [3.8, 4) is 0 Å². The van der Waals surface area contributed by atoms with Gasteiger partial charge in [0.25, 0.3) is 0 Å². The van der Waals surface area contributed by atoms with Gasteiger partial charge in [-0.25, -0.2) is 9.59 Å². The maximum atomic E-state index is 11.9. The molecule has 6 heteroatoms. The molecule has 1 fully saturated rings. The molecule has 1 saturated heterocycles. The number of benzene rings is 1. The van der Waals surface area contributed by atoms with E-state index in [9.17, 15) is 14.7 Å². The van der Waals surface area contributed by atoms with Gasteiger partial charge in [0.1, 0.15) is 6.10 Å². The molecule has 1 aliphatic heterocycles. The van der Waals surface area contributed by atoms with E-state index in [4.69, 9.17) is 9.47 Å². The first-order valence-electron chi connectivity index (χ1n) is 5.77. The summed E-state index contributed by atoms with van der Waals surface area (Å²) >= 11 is 0. The highest BCUT2D eigenvalue weighted by Crippen LogP contribution is 2.20. The SMILES string of the molecule is COC(=O)[C@@H]1OC[C@@H](O)[C@H]1OC(=O)c1ccccc1. The third-order valence-electron chi connectivity index (χ3n) is 2.81. The monoisotopic (exact) mass is 266 g/mol. The molecule has 0 saturated carbocycles. The fourth-order valence-electron chi connectivity index (χ4n) is 1.82. The van der Waals surface area contributed by atoms with Crippen LogP contribution in [0.25, 0.3) is 0 Å². The second-order valence-electron chi connectivity index (χ2n) is 4.08. The molecule has 3 atom stereocenters. The van der Waals surface area contributed by atoms with E-state index in [2.05, 4.69) is 4.74 Å². The molecular formula is C13H14O6.